The molecule has 2 heterocycles. The van der Waals surface area contributed by atoms with Crippen molar-refractivity contribution in [2.24, 2.45) is 5.73 Å². The third kappa shape index (κ3) is 3.47. The number of halogens is 1. The van der Waals surface area contributed by atoms with E-state index in [1.165, 1.54) is 43.6 Å². The van der Waals surface area contributed by atoms with E-state index in [0.29, 0.717) is 6.04 Å². The van der Waals surface area contributed by atoms with Gasteiger partial charge in [0.05, 0.1) is 10.4 Å². The van der Waals surface area contributed by atoms with Crippen molar-refractivity contribution in [3.8, 4) is 0 Å². The molecule has 0 amide bonds. The van der Waals surface area contributed by atoms with Gasteiger partial charge in [0, 0.05) is 10.9 Å². The molecule has 1 saturated heterocycles. The molecule has 2 nitrogen and oxygen atoms in total. The second kappa shape index (κ2) is 6.90. The first-order valence-corrected chi connectivity index (χ1v) is 8.16. The van der Waals surface area contributed by atoms with Crippen LogP contribution >= 0.6 is 22.9 Å². The summed E-state index contributed by atoms with van der Waals surface area (Å²) in [5, 5.41) is 0. The molecule has 1 aromatic heterocycles. The average Bonchev–Trinajstić information content (AvgIpc) is 2.64. The maximum Gasteiger partial charge on any atom is 0.0931 e. The first kappa shape index (κ1) is 14.3. The molecule has 2 rings (SSSR count). The minimum atomic E-state index is 0.206. The molecule has 2 N–H and O–H groups in total. The normalized spacial score (nSPS) is 21.5. The summed E-state index contributed by atoms with van der Waals surface area (Å²) in [4.78, 5) is 3.90. The van der Waals surface area contributed by atoms with Gasteiger partial charge in [0.1, 0.15) is 0 Å². The zero-order chi connectivity index (χ0) is 13.0. The van der Waals surface area contributed by atoms with Gasteiger partial charge in [-0.2, -0.15) is 0 Å². The fourth-order valence-corrected chi connectivity index (χ4v) is 4.02. The average molecular weight is 287 g/mol. The second-order valence-electron chi connectivity index (χ2n) is 5.11. The van der Waals surface area contributed by atoms with Crippen LogP contribution < -0.4 is 5.73 Å². The van der Waals surface area contributed by atoms with Gasteiger partial charge in [-0.25, -0.2) is 0 Å². The number of thiophene rings is 1. The Bertz CT molecular complexity index is 358. The van der Waals surface area contributed by atoms with Crippen LogP contribution in [-0.4, -0.2) is 24.0 Å². The van der Waals surface area contributed by atoms with Gasteiger partial charge < -0.3 is 5.73 Å². The summed E-state index contributed by atoms with van der Waals surface area (Å²) >= 11 is 7.77. The number of nitrogens with zero attached hydrogens (tertiary/aromatic N) is 1. The van der Waals surface area contributed by atoms with E-state index in [-0.39, 0.29) is 6.04 Å². The molecule has 1 fully saturated rings. The molecule has 0 aromatic carbocycles. The zero-order valence-corrected chi connectivity index (χ0v) is 12.6. The van der Waals surface area contributed by atoms with Crippen molar-refractivity contribution in [3.05, 3.63) is 21.3 Å². The summed E-state index contributed by atoms with van der Waals surface area (Å²) in [5.74, 6) is 0. The van der Waals surface area contributed by atoms with Gasteiger partial charge in [-0.3, -0.25) is 4.90 Å². The molecule has 102 valence electrons. The van der Waals surface area contributed by atoms with Crippen molar-refractivity contribution in [2.45, 2.75) is 51.1 Å². The monoisotopic (exact) mass is 286 g/mol. The molecular formula is C14H23ClN2S. The van der Waals surface area contributed by atoms with Gasteiger partial charge in [0.15, 0.2) is 0 Å². The Balaban J connectivity index is 2.18. The largest absolute Gasteiger partial charge is 0.326 e. The van der Waals surface area contributed by atoms with Crippen LogP contribution in [0.15, 0.2) is 12.1 Å². The number of hydrogen-bond acceptors (Lipinski definition) is 3. The van der Waals surface area contributed by atoms with Gasteiger partial charge >= 0.3 is 0 Å². The van der Waals surface area contributed by atoms with Crippen LogP contribution in [0, 0.1) is 0 Å². The Morgan fingerprint density at radius 2 is 1.94 bits per heavy atom. The van der Waals surface area contributed by atoms with Crippen molar-refractivity contribution < 1.29 is 0 Å². The van der Waals surface area contributed by atoms with Gasteiger partial charge in [-0.05, 0) is 44.5 Å². The smallest absolute Gasteiger partial charge is 0.0931 e. The first-order chi connectivity index (χ1) is 8.72. The zero-order valence-electron chi connectivity index (χ0n) is 11.1. The van der Waals surface area contributed by atoms with Crippen LogP contribution in [0.3, 0.4) is 0 Å². The molecule has 0 saturated carbocycles. The van der Waals surface area contributed by atoms with Crippen LogP contribution in [0.4, 0.5) is 0 Å². The summed E-state index contributed by atoms with van der Waals surface area (Å²) < 4.78 is 0.869. The molecule has 0 bridgehead atoms. The van der Waals surface area contributed by atoms with E-state index < -0.39 is 0 Å². The molecule has 0 radical (unpaired) electrons. The predicted octanol–water partition coefficient (Wildman–Crippen LogP) is 4.06. The van der Waals surface area contributed by atoms with E-state index in [9.17, 15) is 0 Å². The lowest BCUT2D eigenvalue weighted by molar-refractivity contribution is 0.178. The maximum absolute atomic E-state index is 6.36. The summed E-state index contributed by atoms with van der Waals surface area (Å²) in [6.07, 6.45) is 6.32. The Hall–Kier alpha value is -0.0900. The van der Waals surface area contributed by atoms with Crippen LogP contribution in [0.1, 0.15) is 49.9 Å². The van der Waals surface area contributed by atoms with E-state index in [1.54, 1.807) is 11.3 Å². The van der Waals surface area contributed by atoms with Crippen molar-refractivity contribution in [1.29, 1.82) is 0 Å². The first-order valence-electron chi connectivity index (χ1n) is 6.97. The highest BCUT2D eigenvalue weighted by molar-refractivity contribution is 7.16. The van der Waals surface area contributed by atoms with Crippen LogP contribution in [0.5, 0.6) is 0 Å². The summed E-state index contributed by atoms with van der Waals surface area (Å²) in [7, 11) is 0. The summed E-state index contributed by atoms with van der Waals surface area (Å²) in [6.45, 7) is 4.52. The molecule has 4 heteroatoms. The van der Waals surface area contributed by atoms with E-state index in [1.807, 2.05) is 6.07 Å². The molecule has 0 spiro atoms. The van der Waals surface area contributed by atoms with Gasteiger partial charge in [0.25, 0.3) is 0 Å². The SMILES string of the molecule is CCC(N)C(c1ccc(Cl)s1)N1CCCCCC1. The molecule has 1 aromatic rings. The van der Waals surface area contributed by atoms with Crippen LogP contribution in [0.2, 0.25) is 4.34 Å². The second-order valence-corrected chi connectivity index (χ2v) is 6.86. The summed E-state index contributed by atoms with van der Waals surface area (Å²) in [5.41, 5.74) is 6.36. The highest BCUT2D eigenvalue weighted by Gasteiger charge is 2.27. The topological polar surface area (TPSA) is 29.3 Å². The molecular weight excluding hydrogens is 264 g/mol. The number of hydrogen-bond donors (Lipinski definition) is 1. The molecule has 0 aliphatic carbocycles. The number of nitrogens with two attached hydrogens (primary N) is 1. The third-order valence-corrected chi connectivity index (χ3v) is 5.10. The van der Waals surface area contributed by atoms with Crippen molar-refractivity contribution in [2.75, 3.05) is 13.1 Å². The predicted molar refractivity (Wildman–Crippen MR) is 80.4 cm³/mol. The van der Waals surface area contributed by atoms with Crippen molar-refractivity contribution in [3.63, 3.8) is 0 Å². The Kier molecular flexibility index (Phi) is 5.49. The van der Waals surface area contributed by atoms with Crippen LogP contribution in [-0.2, 0) is 0 Å². The fourth-order valence-electron chi connectivity index (χ4n) is 2.75. The molecule has 1 aliphatic rings. The minimum Gasteiger partial charge on any atom is -0.326 e. The van der Waals surface area contributed by atoms with Gasteiger partial charge in [-0.15, -0.1) is 11.3 Å². The van der Waals surface area contributed by atoms with Gasteiger partial charge in [0.2, 0.25) is 0 Å². The maximum atomic E-state index is 6.36. The van der Waals surface area contributed by atoms with Gasteiger partial charge in [-0.1, -0.05) is 31.4 Å². The quantitative estimate of drug-likeness (QED) is 0.904. The highest BCUT2D eigenvalue weighted by Crippen LogP contribution is 2.34. The Labute approximate surface area is 119 Å². The Morgan fingerprint density at radius 3 is 2.44 bits per heavy atom. The van der Waals surface area contributed by atoms with E-state index in [2.05, 4.69) is 17.9 Å². The number of likely N-dealkylation sites (tertiary alicyclic amines) is 1. The fraction of sp³-hybridized carbons (Fsp3) is 0.714. The lowest BCUT2D eigenvalue weighted by Crippen LogP contribution is -2.41. The van der Waals surface area contributed by atoms with E-state index in [4.69, 9.17) is 17.3 Å². The standard InChI is InChI=1S/C14H23ClN2S/c1-2-11(16)14(12-7-8-13(15)18-12)17-9-5-3-4-6-10-17/h7-8,11,14H,2-6,9-10,16H2,1H3. The van der Waals surface area contributed by atoms with Crippen molar-refractivity contribution in [1.82, 2.24) is 4.90 Å². The Morgan fingerprint density at radius 1 is 1.28 bits per heavy atom. The lowest BCUT2D eigenvalue weighted by Gasteiger charge is -2.33. The van der Waals surface area contributed by atoms with Crippen LogP contribution in [0.25, 0.3) is 0 Å². The highest BCUT2D eigenvalue weighted by atomic mass is 35.5. The molecule has 2 unspecified atom stereocenters. The van der Waals surface area contributed by atoms with E-state index in [0.717, 1.165) is 10.8 Å². The lowest BCUT2D eigenvalue weighted by atomic mass is 10.0. The third-order valence-electron chi connectivity index (χ3n) is 3.80. The molecule has 1 aliphatic heterocycles. The number of rotatable bonds is 4. The van der Waals surface area contributed by atoms with E-state index >= 15 is 0 Å². The van der Waals surface area contributed by atoms with Crippen molar-refractivity contribution >= 4 is 22.9 Å². The minimum absolute atomic E-state index is 0.206. The molecule has 2 atom stereocenters. The molecule has 18 heavy (non-hydrogen) atoms. The summed E-state index contributed by atoms with van der Waals surface area (Å²) in [6, 6.07) is 4.70.